The maximum absolute atomic E-state index is 12.1. The largest absolute Gasteiger partial charge is 0.573 e. The Balaban J connectivity index is 2.35. The summed E-state index contributed by atoms with van der Waals surface area (Å²) in [4.78, 5) is 3.84. The predicted octanol–water partition coefficient (Wildman–Crippen LogP) is 3.88. The van der Waals surface area contributed by atoms with E-state index in [1.807, 2.05) is 0 Å². The third-order valence-electron chi connectivity index (χ3n) is 2.27. The first-order valence-corrected chi connectivity index (χ1v) is 5.50. The molecule has 19 heavy (non-hydrogen) atoms. The second-order valence-corrected chi connectivity index (χ2v) is 4.04. The van der Waals surface area contributed by atoms with E-state index >= 15 is 0 Å². The fourth-order valence-electron chi connectivity index (χ4n) is 1.50. The number of anilines is 1. The van der Waals surface area contributed by atoms with Crippen molar-refractivity contribution in [1.29, 1.82) is 0 Å². The van der Waals surface area contributed by atoms with Gasteiger partial charge in [0.25, 0.3) is 0 Å². The Morgan fingerprint density at radius 1 is 1.16 bits per heavy atom. The molecule has 0 amide bonds. The summed E-state index contributed by atoms with van der Waals surface area (Å²) in [6.45, 7) is 0. The maximum atomic E-state index is 12.1. The second kappa shape index (κ2) is 4.97. The molecule has 0 unspecified atom stereocenters. The molecule has 0 aliphatic heterocycles. The van der Waals surface area contributed by atoms with Gasteiger partial charge in [0.2, 0.25) is 0 Å². The Morgan fingerprint density at radius 2 is 1.89 bits per heavy atom. The highest BCUT2D eigenvalue weighted by Gasteiger charge is 2.31. The van der Waals surface area contributed by atoms with Crippen LogP contribution in [0.3, 0.4) is 0 Å². The van der Waals surface area contributed by atoms with E-state index in [2.05, 4.69) is 9.72 Å². The summed E-state index contributed by atoms with van der Waals surface area (Å²) in [5.41, 5.74) is 6.89. The highest BCUT2D eigenvalue weighted by atomic mass is 35.5. The lowest BCUT2D eigenvalue weighted by Gasteiger charge is -2.10. The standard InChI is InChI=1S/C12H8ClF3N2O/c13-11-10(17)5-8(6-18-11)7-2-1-3-9(4-7)19-12(14,15)16/h1-6H,17H2. The van der Waals surface area contributed by atoms with Gasteiger partial charge in [-0.2, -0.15) is 0 Å². The number of ether oxygens (including phenoxy) is 1. The van der Waals surface area contributed by atoms with Crippen molar-refractivity contribution in [2.75, 3.05) is 5.73 Å². The summed E-state index contributed by atoms with van der Waals surface area (Å²) < 4.78 is 40.2. The van der Waals surface area contributed by atoms with Gasteiger partial charge in [0.1, 0.15) is 5.75 Å². The highest BCUT2D eigenvalue weighted by Crippen LogP contribution is 2.29. The first-order chi connectivity index (χ1) is 8.85. The van der Waals surface area contributed by atoms with Crippen LogP contribution in [0, 0.1) is 0 Å². The van der Waals surface area contributed by atoms with Gasteiger partial charge in [-0.1, -0.05) is 23.7 Å². The molecule has 1 aromatic carbocycles. The van der Waals surface area contributed by atoms with Gasteiger partial charge in [0, 0.05) is 11.8 Å². The first kappa shape index (κ1) is 13.5. The average Bonchev–Trinajstić information content (AvgIpc) is 2.31. The van der Waals surface area contributed by atoms with Gasteiger partial charge in [-0.25, -0.2) is 4.98 Å². The third-order valence-corrected chi connectivity index (χ3v) is 2.58. The van der Waals surface area contributed by atoms with Crippen molar-refractivity contribution in [1.82, 2.24) is 4.98 Å². The smallest absolute Gasteiger partial charge is 0.406 e. The Morgan fingerprint density at radius 3 is 2.53 bits per heavy atom. The molecule has 0 aliphatic carbocycles. The number of benzene rings is 1. The first-order valence-electron chi connectivity index (χ1n) is 5.12. The topological polar surface area (TPSA) is 48.1 Å². The van der Waals surface area contributed by atoms with E-state index < -0.39 is 6.36 Å². The minimum atomic E-state index is -4.73. The van der Waals surface area contributed by atoms with Crippen molar-refractivity contribution >= 4 is 17.3 Å². The van der Waals surface area contributed by atoms with Crippen LogP contribution in [-0.2, 0) is 0 Å². The lowest BCUT2D eigenvalue weighted by molar-refractivity contribution is -0.274. The third kappa shape index (κ3) is 3.51. The number of alkyl halides is 3. The SMILES string of the molecule is Nc1cc(-c2cccc(OC(F)(F)F)c2)cnc1Cl. The lowest BCUT2D eigenvalue weighted by Crippen LogP contribution is -2.17. The number of halogens is 4. The summed E-state index contributed by atoms with van der Waals surface area (Å²) >= 11 is 5.68. The molecule has 1 aromatic heterocycles. The average molecular weight is 289 g/mol. The van der Waals surface area contributed by atoms with Crippen molar-refractivity contribution in [2.45, 2.75) is 6.36 Å². The number of rotatable bonds is 2. The fraction of sp³-hybridized carbons (Fsp3) is 0.0833. The van der Waals surface area contributed by atoms with E-state index in [0.29, 0.717) is 11.1 Å². The summed E-state index contributed by atoms with van der Waals surface area (Å²) in [5.74, 6) is -0.307. The van der Waals surface area contributed by atoms with Gasteiger partial charge in [0.15, 0.2) is 5.15 Å². The molecule has 0 atom stereocenters. The van der Waals surface area contributed by atoms with Crippen molar-refractivity contribution in [3.05, 3.63) is 41.7 Å². The monoisotopic (exact) mass is 288 g/mol. The van der Waals surface area contributed by atoms with Gasteiger partial charge in [-0.15, -0.1) is 13.2 Å². The molecule has 0 aliphatic rings. The molecule has 100 valence electrons. The number of hydrogen-bond acceptors (Lipinski definition) is 3. The van der Waals surface area contributed by atoms with Crippen molar-refractivity contribution < 1.29 is 17.9 Å². The number of hydrogen-bond donors (Lipinski definition) is 1. The Bertz CT molecular complexity index is 602. The van der Waals surface area contributed by atoms with Gasteiger partial charge in [-0.05, 0) is 23.8 Å². The van der Waals surface area contributed by atoms with Crippen LogP contribution in [-0.4, -0.2) is 11.3 Å². The van der Waals surface area contributed by atoms with Crippen molar-refractivity contribution in [3.63, 3.8) is 0 Å². The minimum Gasteiger partial charge on any atom is -0.406 e. The normalized spacial score (nSPS) is 11.4. The quantitative estimate of drug-likeness (QED) is 0.853. The maximum Gasteiger partial charge on any atom is 0.573 e. The molecular weight excluding hydrogens is 281 g/mol. The number of nitrogens with zero attached hydrogens (tertiary/aromatic N) is 1. The van der Waals surface area contributed by atoms with Gasteiger partial charge >= 0.3 is 6.36 Å². The van der Waals surface area contributed by atoms with Crippen LogP contribution >= 0.6 is 11.6 Å². The second-order valence-electron chi connectivity index (χ2n) is 3.68. The number of pyridine rings is 1. The molecule has 2 rings (SSSR count). The Labute approximate surface area is 111 Å². The van der Waals surface area contributed by atoms with Gasteiger partial charge in [0.05, 0.1) is 5.69 Å². The van der Waals surface area contributed by atoms with Crippen LogP contribution in [0.2, 0.25) is 5.15 Å². The number of aromatic nitrogens is 1. The molecule has 3 nitrogen and oxygen atoms in total. The molecule has 2 N–H and O–H groups in total. The van der Waals surface area contributed by atoms with E-state index in [4.69, 9.17) is 17.3 Å². The van der Waals surface area contributed by atoms with Crippen LogP contribution in [0.25, 0.3) is 11.1 Å². The predicted molar refractivity (Wildman–Crippen MR) is 65.8 cm³/mol. The molecule has 1 heterocycles. The van der Waals surface area contributed by atoms with E-state index in [1.165, 1.54) is 30.5 Å². The van der Waals surface area contributed by atoms with E-state index in [9.17, 15) is 13.2 Å². The molecule has 0 saturated heterocycles. The summed E-state index contributed by atoms with van der Waals surface area (Å²) in [6.07, 6.45) is -3.30. The van der Waals surface area contributed by atoms with Crippen LogP contribution < -0.4 is 10.5 Å². The molecule has 0 spiro atoms. The van der Waals surface area contributed by atoms with Crippen molar-refractivity contribution in [3.8, 4) is 16.9 Å². The molecule has 0 bridgehead atoms. The molecule has 0 radical (unpaired) electrons. The zero-order valence-electron chi connectivity index (χ0n) is 9.41. The van der Waals surface area contributed by atoms with Crippen LogP contribution in [0.4, 0.5) is 18.9 Å². The van der Waals surface area contributed by atoms with Gasteiger partial charge < -0.3 is 10.5 Å². The molecule has 2 aromatic rings. The number of nitrogen functional groups attached to an aromatic ring is 1. The number of nitrogens with two attached hydrogens (primary N) is 1. The summed E-state index contributed by atoms with van der Waals surface area (Å²) in [6, 6.07) is 7.05. The molecular formula is C12H8ClF3N2O. The van der Waals surface area contributed by atoms with E-state index in [0.717, 1.165) is 0 Å². The zero-order chi connectivity index (χ0) is 14.0. The lowest BCUT2D eigenvalue weighted by atomic mass is 10.1. The Hall–Kier alpha value is -1.95. The minimum absolute atomic E-state index is 0.145. The summed E-state index contributed by atoms with van der Waals surface area (Å²) in [7, 11) is 0. The van der Waals surface area contributed by atoms with Gasteiger partial charge in [-0.3, -0.25) is 0 Å². The van der Waals surface area contributed by atoms with Crippen LogP contribution in [0.1, 0.15) is 0 Å². The Kier molecular flexibility index (Phi) is 3.53. The van der Waals surface area contributed by atoms with E-state index in [-0.39, 0.29) is 16.6 Å². The highest BCUT2D eigenvalue weighted by molar-refractivity contribution is 6.31. The van der Waals surface area contributed by atoms with E-state index in [1.54, 1.807) is 6.07 Å². The molecule has 0 saturated carbocycles. The van der Waals surface area contributed by atoms with Crippen LogP contribution in [0.5, 0.6) is 5.75 Å². The fourth-order valence-corrected chi connectivity index (χ4v) is 1.60. The van der Waals surface area contributed by atoms with Crippen LogP contribution in [0.15, 0.2) is 36.5 Å². The van der Waals surface area contributed by atoms with Crippen molar-refractivity contribution in [2.24, 2.45) is 0 Å². The molecule has 7 heteroatoms. The summed E-state index contributed by atoms with van der Waals surface area (Å²) in [5, 5.41) is 0.145. The molecule has 0 fully saturated rings. The zero-order valence-corrected chi connectivity index (χ0v) is 10.2.